The van der Waals surface area contributed by atoms with Crippen molar-refractivity contribution in [2.75, 3.05) is 0 Å². The summed E-state index contributed by atoms with van der Waals surface area (Å²) >= 11 is 0. The number of aryl methyl sites for hydroxylation is 2. The van der Waals surface area contributed by atoms with Crippen LogP contribution in [0.5, 0.6) is 0 Å². The highest BCUT2D eigenvalue weighted by Gasteiger charge is 2.04. The number of hydrogen-bond acceptors (Lipinski definition) is 3. The molecule has 0 aliphatic rings. The van der Waals surface area contributed by atoms with Crippen LogP contribution in [0.1, 0.15) is 28.7 Å². The Bertz CT molecular complexity index is 547. The molecule has 0 amide bonds. The van der Waals surface area contributed by atoms with Gasteiger partial charge in [0.05, 0.1) is 22.4 Å². The van der Waals surface area contributed by atoms with Crippen LogP contribution in [0.3, 0.4) is 0 Å². The Balaban J connectivity index is 2.72. The molecule has 0 spiro atoms. The Hall–Kier alpha value is -1.77. The quantitative estimate of drug-likeness (QED) is 0.664. The van der Waals surface area contributed by atoms with E-state index in [4.69, 9.17) is 0 Å². The van der Waals surface area contributed by atoms with E-state index in [1.165, 1.54) is 0 Å². The normalized spacial score (nSPS) is 10.6. The molecule has 0 unspecified atom stereocenters. The van der Waals surface area contributed by atoms with Gasteiger partial charge in [0.1, 0.15) is 0 Å². The van der Waals surface area contributed by atoms with Gasteiger partial charge in [-0.25, -0.2) is 9.97 Å². The Morgan fingerprint density at radius 2 is 1.67 bits per heavy atom. The van der Waals surface area contributed by atoms with Gasteiger partial charge in [0.15, 0.2) is 5.78 Å². The van der Waals surface area contributed by atoms with Crippen molar-refractivity contribution < 1.29 is 4.79 Å². The van der Waals surface area contributed by atoms with Gasteiger partial charge >= 0.3 is 0 Å². The molecule has 1 aromatic heterocycles. The van der Waals surface area contributed by atoms with E-state index < -0.39 is 0 Å². The molecule has 2 aromatic rings. The van der Waals surface area contributed by atoms with E-state index in [9.17, 15) is 4.79 Å². The van der Waals surface area contributed by atoms with Gasteiger partial charge in [0, 0.05) is 5.56 Å². The first kappa shape index (κ1) is 9.77. The molecule has 1 aromatic carbocycles. The number of aromatic nitrogens is 2. The minimum atomic E-state index is 0.0527. The fourth-order valence-electron chi connectivity index (χ4n) is 1.45. The van der Waals surface area contributed by atoms with Gasteiger partial charge in [-0.2, -0.15) is 0 Å². The second kappa shape index (κ2) is 3.42. The first-order valence-corrected chi connectivity index (χ1v) is 4.84. The average molecular weight is 200 g/mol. The van der Waals surface area contributed by atoms with Gasteiger partial charge in [-0.1, -0.05) is 0 Å². The van der Waals surface area contributed by atoms with Crippen LogP contribution in [0.4, 0.5) is 0 Å². The number of fused-ring (bicyclic) bond motifs is 1. The van der Waals surface area contributed by atoms with Gasteiger partial charge in [-0.3, -0.25) is 4.79 Å². The summed E-state index contributed by atoms with van der Waals surface area (Å²) in [6.45, 7) is 5.40. The monoisotopic (exact) mass is 200 g/mol. The molecule has 3 nitrogen and oxygen atoms in total. The van der Waals surface area contributed by atoms with E-state index in [0.717, 1.165) is 22.4 Å². The SMILES string of the molecule is CC(=O)c1ccc2nc(C)c(C)nc2c1. The number of benzene rings is 1. The molecule has 0 aliphatic carbocycles. The average Bonchev–Trinajstić information content (AvgIpc) is 2.19. The predicted molar refractivity (Wildman–Crippen MR) is 59.0 cm³/mol. The topological polar surface area (TPSA) is 42.9 Å². The summed E-state index contributed by atoms with van der Waals surface area (Å²) in [4.78, 5) is 20.0. The third kappa shape index (κ3) is 1.73. The van der Waals surface area contributed by atoms with Crippen LogP contribution in [-0.2, 0) is 0 Å². The lowest BCUT2D eigenvalue weighted by atomic mass is 10.1. The third-order valence-electron chi connectivity index (χ3n) is 2.48. The van der Waals surface area contributed by atoms with Crippen molar-refractivity contribution in [1.82, 2.24) is 9.97 Å². The maximum atomic E-state index is 11.2. The molecule has 15 heavy (non-hydrogen) atoms. The summed E-state index contributed by atoms with van der Waals surface area (Å²) in [6.07, 6.45) is 0. The second-order valence-corrected chi connectivity index (χ2v) is 3.65. The Kier molecular flexibility index (Phi) is 2.23. The molecule has 0 N–H and O–H groups in total. The lowest BCUT2D eigenvalue weighted by Crippen LogP contribution is -1.96. The van der Waals surface area contributed by atoms with Gasteiger partial charge in [0.25, 0.3) is 0 Å². The first-order chi connectivity index (χ1) is 7.08. The molecule has 0 bridgehead atoms. The van der Waals surface area contributed by atoms with Crippen molar-refractivity contribution >= 4 is 16.8 Å². The summed E-state index contributed by atoms with van der Waals surface area (Å²) in [5.41, 5.74) is 4.13. The molecular weight excluding hydrogens is 188 g/mol. The fourth-order valence-corrected chi connectivity index (χ4v) is 1.45. The fraction of sp³-hybridized carbons (Fsp3) is 0.250. The molecule has 1 heterocycles. The van der Waals surface area contributed by atoms with Crippen LogP contribution in [0.15, 0.2) is 18.2 Å². The standard InChI is InChI=1S/C12H12N2O/c1-7-8(2)14-12-6-10(9(3)15)4-5-11(12)13-7/h4-6H,1-3H3. The molecule has 0 atom stereocenters. The van der Waals surface area contributed by atoms with Crippen molar-refractivity contribution in [1.29, 1.82) is 0 Å². The molecule has 0 fully saturated rings. The van der Waals surface area contributed by atoms with Gasteiger partial charge in [-0.15, -0.1) is 0 Å². The largest absolute Gasteiger partial charge is 0.295 e. The third-order valence-corrected chi connectivity index (χ3v) is 2.48. The minimum absolute atomic E-state index is 0.0527. The number of ketones is 1. The molecular formula is C12H12N2O. The lowest BCUT2D eigenvalue weighted by molar-refractivity contribution is 0.101. The number of carbonyl (C=O) groups excluding carboxylic acids is 1. The van der Waals surface area contributed by atoms with E-state index in [0.29, 0.717) is 5.56 Å². The number of hydrogen-bond donors (Lipinski definition) is 0. The highest BCUT2D eigenvalue weighted by atomic mass is 16.1. The predicted octanol–water partition coefficient (Wildman–Crippen LogP) is 2.45. The first-order valence-electron chi connectivity index (χ1n) is 4.84. The maximum absolute atomic E-state index is 11.2. The van der Waals surface area contributed by atoms with Crippen molar-refractivity contribution in [2.45, 2.75) is 20.8 Å². The summed E-state index contributed by atoms with van der Waals surface area (Å²) < 4.78 is 0. The van der Waals surface area contributed by atoms with Gasteiger partial charge in [-0.05, 0) is 39.0 Å². The number of carbonyl (C=O) groups is 1. The van der Waals surface area contributed by atoms with Crippen molar-refractivity contribution in [3.05, 3.63) is 35.2 Å². The summed E-state index contributed by atoms with van der Waals surface area (Å²) in [7, 11) is 0. The molecule has 0 aliphatic heterocycles. The van der Waals surface area contributed by atoms with Crippen LogP contribution in [-0.4, -0.2) is 15.8 Å². The van der Waals surface area contributed by atoms with Crippen LogP contribution < -0.4 is 0 Å². The van der Waals surface area contributed by atoms with Crippen LogP contribution in [0.2, 0.25) is 0 Å². The summed E-state index contributed by atoms with van der Waals surface area (Å²) in [5.74, 6) is 0.0527. The highest BCUT2D eigenvalue weighted by molar-refractivity contribution is 5.97. The van der Waals surface area contributed by atoms with E-state index >= 15 is 0 Å². The van der Waals surface area contributed by atoms with Crippen molar-refractivity contribution in [3.63, 3.8) is 0 Å². The molecule has 76 valence electrons. The Labute approximate surface area is 88.2 Å². The zero-order valence-corrected chi connectivity index (χ0v) is 9.03. The van der Waals surface area contributed by atoms with E-state index in [1.807, 2.05) is 19.9 Å². The van der Waals surface area contributed by atoms with E-state index in [2.05, 4.69) is 9.97 Å². The Morgan fingerprint density at radius 1 is 1.07 bits per heavy atom. The van der Waals surface area contributed by atoms with Gasteiger partial charge in [0.2, 0.25) is 0 Å². The lowest BCUT2D eigenvalue weighted by Gasteiger charge is -2.03. The molecule has 2 rings (SSSR count). The van der Waals surface area contributed by atoms with E-state index in [-0.39, 0.29) is 5.78 Å². The smallest absolute Gasteiger partial charge is 0.159 e. The van der Waals surface area contributed by atoms with Gasteiger partial charge < -0.3 is 0 Å². The minimum Gasteiger partial charge on any atom is -0.295 e. The van der Waals surface area contributed by atoms with Crippen molar-refractivity contribution in [2.24, 2.45) is 0 Å². The van der Waals surface area contributed by atoms with Crippen LogP contribution >= 0.6 is 0 Å². The van der Waals surface area contributed by atoms with E-state index in [1.54, 1.807) is 19.1 Å². The number of Topliss-reactive ketones (excluding diaryl/α,β-unsaturated/α-hetero) is 1. The summed E-state index contributed by atoms with van der Waals surface area (Å²) in [5, 5.41) is 0. The number of rotatable bonds is 1. The number of nitrogens with zero attached hydrogens (tertiary/aromatic N) is 2. The summed E-state index contributed by atoms with van der Waals surface area (Å²) in [6, 6.07) is 5.41. The molecule has 3 heteroatoms. The molecule has 0 saturated carbocycles. The van der Waals surface area contributed by atoms with Crippen LogP contribution in [0.25, 0.3) is 11.0 Å². The molecule has 0 radical (unpaired) electrons. The zero-order chi connectivity index (χ0) is 11.0. The zero-order valence-electron chi connectivity index (χ0n) is 9.03. The van der Waals surface area contributed by atoms with Crippen LogP contribution in [0, 0.1) is 13.8 Å². The maximum Gasteiger partial charge on any atom is 0.159 e. The van der Waals surface area contributed by atoms with Crippen molar-refractivity contribution in [3.8, 4) is 0 Å². The Morgan fingerprint density at radius 3 is 2.27 bits per heavy atom. The second-order valence-electron chi connectivity index (χ2n) is 3.65. The molecule has 0 saturated heterocycles. The highest BCUT2D eigenvalue weighted by Crippen LogP contribution is 2.14.